The first-order chi connectivity index (χ1) is 13.3. The van der Waals surface area contributed by atoms with Gasteiger partial charge in [-0.3, -0.25) is 4.79 Å². The predicted molar refractivity (Wildman–Crippen MR) is 96.4 cm³/mol. The standard InChI is InChI=1S/C18H16N6O3/c25-18(13-10-15(27-23-13)14-4-3-9-26-14)20-6-5-19-16-11-17(22-12-21-16)24-7-1-2-8-24/h1-4,7-12H,5-6H2,(H,20,25)(H,19,21,22). The lowest BCUT2D eigenvalue weighted by atomic mass is 10.3. The maximum atomic E-state index is 12.1. The molecule has 0 saturated carbocycles. The van der Waals surface area contributed by atoms with Crippen molar-refractivity contribution in [2.75, 3.05) is 18.4 Å². The maximum absolute atomic E-state index is 12.1. The Morgan fingerprint density at radius 1 is 1.07 bits per heavy atom. The average molecular weight is 364 g/mol. The number of nitrogens with zero attached hydrogens (tertiary/aromatic N) is 4. The van der Waals surface area contributed by atoms with Crippen LogP contribution in [0.15, 0.2) is 70.3 Å². The second kappa shape index (κ2) is 7.56. The Labute approximate surface area is 154 Å². The number of hydrogen-bond donors (Lipinski definition) is 2. The minimum Gasteiger partial charge on any atom is -0.461 e. The molecule has 9 heteroatoms. The van der Waals surface area contributed by atoms with E-state index in [1.807, 2.05) is 35.2 Å². The lowest BCUT2D eigenvalue weighted by Crippen LogP contribution is -2.29. The summed E-state index contributed by atoms with van der Waals surface area (Å²) in [6.45, 7) is 0.890. The first-order valence-corrected chi connectivity index (χ1v) is 8.28. The minimum atomic E-state index is -0.325. The summed E-state index contributed by atoms with van der Waals surface area (Å²) in [6.07, 6.45) is 6.82. The Hall–Kier alpha value is -3.88. The molecule has 4 rings (SSSR count). The summed E-state index contributed by atoms with van der Waals surface area (Å²) in [6, 6.07) is 10.7. The van der Waals surface area contributed by atoms with Crippen LogP contribution in [0.1, 0.15) is 10.5 Å². The van der Waals surface area contributed by atoms with Gasteiger partial charge in [0.2, 0.25) is 5.76 Å². The molecule has 4 aromatic heterocycles. The highest BCUT2D eigenvalue weighted by molar-refractivity contribution is 5.92. The average Bonchev–Trinajstić information content (AvgIpc) is 3.46. The molecule has 0 aromatic carbocycles. The molecule has 0 saturated heterocycles. The Kier molecular flexibility index (Phi) is 4.64. The SMILES string of the molecule is O=C(NCCNc1cc(-n2cccc2)ncn1)c1cc(-c2ccco2)on1. The van der Waals surface area contributed by atoms with E-state index in [0.29, 0.717) is 30.4 Å². The zero-order chi connectivity index (χ0) is 18.5. The van der Waals surface area contributed by atoms with Gasteiger partial charge in [0.05, 0.1) is 6.26 Å². The number of aromatic nitrogens is 4. The van der Waals surface area contributed by atoms with Crippen LogP contribution in [0.2, 0.25) is 0 Å². The lowest BCUT2D eigenvalue weighted by molar-refractivity contribution is 0.0946. The molecule has 27 heavy (non-hydrogen) atoms. The Morgan fingerprint density at radius 3 is 2.78 bits per heavy atom. The van der Waals surface area contributed by atoms with Crippen LogP contribution >= 0.6 is 0 Å². The molecule has 0 fully saturated rings. The van der Waals surface area contributed by atoms with Crippen LogP contribution in [0.25, 0.3) is 17.3 Å². The van der Waals surface area contributed by atoms with Crippen molar-refractivity contribution >= 4 is 11.7 Å². The van der Waals surface area contributed by atoms with E-state index in [2.05, 4.69) is 25.8 Å². The number of amides is 1. The van der Waals surface area contributed by atoms with E-state index in [4.69, 9.17) is 8.94 Å². The highest BCUT2D eigenvalue weighted by Gasteiger charge is 2.14. The van der Waals surface area contributed by atoms with Gasteiger partial charge >= 0.3 is 0 Å². The predicted octanol–water partition coefficient (Wildman–Crippen LogP) is 2.36. The number of furan rings is 1. The molecule has 4 aromatic rings. The fourth-order valence-electron chi connectivity index (χ4n) is 2.45. The molecule has 136 valence electrons. The third-order valence-corrected chi connectivity index (χ3v) is 3.75. The highest BCUT2D eigenvalue weighted by Crippen LogP contribution is 2.20. The van der Waals surface area contributed by atoms with Gasteiger partial charge in [0.15, 0.2) is 11.5 Å². The molecule has 9 nitrogen and oxygen atoms in total. The van der Waals surface area contributed by atoms with Crippen LogP contribution in [0.3, 0.4) is 0 Å². The summed E-state index contributed by atoms with van der Waals surface area (Å²) >= 11 is 0. The number of anilines is 1. The van der Waals surface area contributed by atoms with Crippen molar-refractivity contribution in [2.24, 2.45) is 0 Å². The monoisotopic (exact) mass is 364 g/mol. The van der Waals surface area contributed by atoms with E-state index in [-0.39, 0.29) is 11.6 Å². The van der Waals surface area contributed by atoms with Crippen molar-refractivity contribution in [3.63, 3.8) is 0 Å². The number of carbonyl (C=O) groups excluding carboxylic acids is 1. The molecule has 0 atom stereocenters. The number of carbonyl (C=O) groups is 1. The molecule has 0 radical (unpaired) electrons. The molecule has 0 aliphatic heterocycles. The fourth-order valence-corrected chi connectivity index (χ4v) is 2.45. The van der Waals surface area contributed by atoms with E-state index >= 15 is 0 Å². The normalized spacial score (nSPS) is 10.7. The molecule has 2 N–H and O–H groups in total. The maximum Gasteiger partial charge on any atom is 0.273 e. The first kappa shape index (κ1) is 16.6. The number of nitrogens with one attached hydrogen (secondary N) is 2. The van der Waals surface area contributed by atoms with E-state index in [9.17, 15) is 4.79 Å². The molecule has 4 heterocycles. The van der Waals surface area contributed by atoms with Crippen LogP contribution in [-0.4, -0.2) is 38.7 Å². The summed E-state index contributed by atoms with van der Waals surface area (Å²) in [5.41, 5.74) is 0.193. The van der Waals surface area contributed by atoms with Gasteiger partial charge in [0, 0.05) is 37.6 Å². The van der Waals surface area contributed by atoms with Gasteiger partial charge in [-0.05, 0) is 24.3 Å². The van der Waals surface area contributed by atoms with Gasteiger partial charge in [0.1, 0.15) is 18.0 Å². The Morgan fingerprint density at radius 2 is 1.96 bits per heavy atom. The summed E-state index contributed by atoms with van der Waals surface area (Å²) in [4.78, 5) is 20.5. The van der Waals surface area contributed by atoms with Crippen molar-refractivity contribution in [2.45, 2.75) is 0 Å². The first-order valence-electron chi connectivity index (χ1n) is 8.28. The van der Waals surface area contributed by atoms with Gasteiger partial charge in [-0.1, -0.05) is 5.16 Å². The molecular weight excluding hydrogens is 348 g/mol. The lowest BCUT2D eigenvalue weighted by Gasteiger charge is -2.08. The molecule has 0 unspecified atom stereocenters. The fraction of sp³-hybridized carbons (Fsp3) is 0.111. The van der Waals surface area contributed by atoms with E-state index in [1.165, 1.54) is 18.7 Å². The van der Waals surface area contributed by atoms with E-state index < -0.39 is 0 Å². The zero-order valence-corrected chi connectivity index (χ0v) is 14.2. The smallest absolute Gasteiger partial charge is 0.273 e. The minimum absolute atomic E-state index is 0.193. The van der Waals surface area contributed by atoms with Crippen molar-refractivity contribution < 1.29 is 13.7 Å². The third kappa shape index (κ3) is 3.87. The van der Waals surface area contributed by atoms with Crippen LogP contribution < -0.4 is 10.6 Å². The quantitative estimate of drug-likeness (QED) is 0.484. The Balaban J connectivity index is 1.28. The van der Waals surface area contributed by atoms with Crippen LogP contribution in [0, 0.1) is 0 Å². The molecule has 0 spiro atoms. The van der Waals surface area contributed by atoms with Crippen LogP contribution in [-0.2, 0) is 0 Å². The van der Waals surface area contributed by atoms with E-state index in [1.54, 1.807) is 12.1 Å². The van der Waals surface area contributed by atoms with Gasteiger partial charge in [-0.2, -0.15) is 0 Å². The molecule has 0 aliphatic carbocycles. The third-order valence-electron chi connectivity index (χ3n) is 3.75. The second-order valence-corrected chi connectivity index (χ2v) is 5.59. The Bertz CT molecular complexity index is 1010. The van der Waals surface area contributed by atoms with Gasteiger partial charge in [0.25, 0.3) is 5.91 Å². The molecule has 0 bridgehead atoms. The summed E-state index contributed by atoms with van der Waals surface area (Å²) in [5, 5.41) is 9.67. The van der Waals surface area contributed by atoms with Crippen LogP contribution in [0.4, 0.5) is 5.82 Å². The van der Waals surface area contributed by atoms with Crippen molar-refractivity contribution in [3.05, 3.63) is 67.1 Å². The van der Waals surface area contributed by atoms with Crippen LogP contribution in [0.5, 0.6) is 0 Å². The number of rotatable bonds is 7. The number of hydrogen-bond acceptors (Lipinski definition) is 7. The molecule has 0 aliphatic rings. The summed E-state index contributed by atoms with van der Waals surface area (Å²) < 4.78 is 12.2. The highest BCUT2D eigenvalue weighted by atomic mass is 16.5. The van der Waals surface area contributed by atoms with Gasteiger partial charge in [-0.25, -0.2) is 9.97 Å². The van der Waals surface area contributed by atoms with Gasteiger partial charge < -0.3 is 24.1 Å². The van der Waals surface area contributed by atoms with Gasteiger partial charge in [-0.15, -0.1) is 0 Å². The van der Waals surface area contributed by atoms with Crippen molar-refractivity contribution in [1.82, 2.24) is 25.0 Å². The summed E-state index contributed by atoms with van der Waals surface area (Å²) in [5.74, 6) is 2.03. The van der Waals surface area contributed by atoms with Crippen molar-refractivity contribution in [1.29, 1.82) is 0 Å². The van der Waals surface area contributed by atoms with Crippen molar-refractivity contribution in [3.8, 4) is 17.3 Å². The molecule has 1 amide bonds. The topological polar surface area (TPSA) is 111 Å². The largest absolute Gasteiger partial charge is 0.461 e. The zero-order valence-electron chi connectivity index (χ0n) is 14.2. The van der Waals surface area contributed by atoms with E-state index in [0.717, 1.165) is 5.82 Å². The second-order valence-electron chi connectivity index (χ2n) is 5.59. The molecular formula is C18H16N6O3. The summed E-state index contributed by atoms with van der Waals surface area (Å²) in [7, 11) is 0.